The highest BCUT2D eigenvalue weighted by atomic mass is 32.2. The van der Waals surface area contributed by atoms with E-state index in [9.17, 15) is 13.7 Å². The topological polar surface area (TPSA) is 93.7 Å². The van der Waals surface area contributed by atoms with Crippen LogP contribution in [-0.2, 0) is 29.5 Å². The smallest absolute Gasteiger partial charge is 0.215 e. The molecule has 2 heterocycles. The minimum absolute atomic E-state index is 0.0284. The lowest BCUT2D eigenvalue weighted by Crippen LogP contribution is -2.47. The second-order valence-corrected chi connectivity index (χ2v) is 10.9. The molecule has 34 heavy (non-hydrogen) atoms. The van der Waals surface area contributed by atoms with Gasteiger partial charge in [0.15, 0.2) is 6.39 Å². The molecule has 1 aromatic heterocycles. The normalized spacial score (nSPS) is 16.8. The van der Waals surface area contributed by atoms with E-state index in [1.54, 1.807) is 22.6 Å². The number of benzene rings is 2. The Morgan fingerprint density at radius 3 is 2.68 bits per heavy atom. The van der Waals surface area contributed by atoms with Crippen LogP contribution in [0.4, 0.5) is 5.69 Å². The quantitative estimate of drug-likeness (QED) is 0.490. The summed E-state index contributed by atoms with van der Waals surface area (Å²) in [6.07, 6.45) is 3.65. The van der Waals surface area contributed by atoms with Gasteiger partial charge in [0.1, 0.15) is 5.76 Å². The lowest BCUT2D eigenvalue weighted by Gasteiger charge is -2.32. The average Bonchev–Trinajstić information content (AvgIpc) is 3.28. The number of hydrogen-bond acceptors (Lipinski definition) is 7. The maximum atomic E-state index is 13.6. The molecule has 0 N–H and O–H groups in total. The van der Waals surface area contributed by atoms with Crippen molar-refractivity contribution in [2.45, 2.75) is 25.6 Å². The van der Waals surface area contributed by atoms with E-state index in [0.29, 0.717) is 37.4 Å². The second-order valence-electron chi connectivity index (χ2n) is 8.81. The first-order chi connectivity index (χ1) is 16.4. The number of hydrogen-bond donors (Lipinski definition) is 0. The Bertz CT molecular complexity index is 1240. The van der Waals surface area contributed by atoms with Gasteiger partial charge < -0.3 is 14.2 Å². The Morgan fingerprint density at radius 2 is 2.00 bits per heavy atom. The fourth-order valence-electron chi connectivity index (χ4n) is 4.28. The standard InChI is InChI=1S/C25H29N5O3S/c1-28(2)10-11-34(31,32)30-16-22-12-21(14-26)8-9-25(22)29(18-24-15-27-19-33-24)17-23(30)13-20-6-4-3-5-7-20/h3-9,12,15,19,23H,10-11,13,16-18H2,1-2H3/t23-/m1/s1. The van der Waals surface area contributed by atoms with Crippen LogP contribution in [0.1, 0.15) is 22.5 Å². The van der Waals surface area contributed by atoms with Crippen molar-refractivity contribution in [1.82, 2.24) is 14.2 Å². The summed E-state index contributed by atoms with van der Waals surface area (Å²) in [6, 6.07) is 17.3. The second kappa shape index (κ2) is 10.4. The summed E-state index contributed by atoms with van der Waals surface area (Å²) < 4.78 is 34.4. The number of nitrogens with zero attached hydrogens (tertiary/aromatic N) is 5. The third-order valence-electron chi connectivity index (χ3n) is 6.01. The van der Waals surface area contributed by atoms with E-state index in [-0.39, 0.29) is 18.3 Å². The number of aromatic nitrogens is 1. The van der Waals surface area contributed by atoms with Crippen LogP contribution in [0.5, 0.6) is 0 Å². The first-order valence-electron chi connectivity index (χ1n) is 11.2. The van der Waals surface area contributed by atoms with Gasteiger partial charge in [0, 0.05) is 31.4 Å². The van der Waals surface area contributed by atoms with Gasteiger partial charge in [0.25, 0.3) is 0 Å². The molecule has 178 valence electrons. The Morgan fingerprint density at radius 1 is 1.21 bits per heavy atom. The summed E-state index contributed by atoms with van der Waals surface area (Å²) in [4.78, 5) is 8.03. The SMILES string of the molecule is CN(C)CCS(=O)(=O)N1Cc2cc(C#N)ccc2N(Cc2cnco2)C[C@H]1Cc1ccccc1. The Kier molecular flexibility index (Phi) is 7.32. The van der Waals surface area contributed by atoms with Crippen LogP contribution < -0.4 is 4.90 Å². The summed E-state index contributed by atoms with van der Waals surface area (Å²) in [5, 5.41) is 9.48. The van der Waals surface area contributed by atoms with Crippen LogP contribution in [0.3, 0.4) is 0 Å². The maximum absolute atomic E-state index is 13.6. The van der Waals surface area contributed by atoms with Crippen molar-refractivity contribution in [1.29, 1.82) is 5.26 Å². The van der Waals surface area contributed by atoms with Gasteiger partial charge in [0.05, 0.1) is 30.1 Å². The molecular formula is C25H29N5O3S. The summed E-state index contributed by atoms with van der Waals surface area (Å²) in [7, 11) is 0.164. The Hall–Kier alpha value is -3.19. The molecule has 0 fully saturated rings. The third kappa shape index (κ3) is 5.65. The van der Waals surface area contributed by atoms with E-state index in [1.165, 1.54) is 6.39 Å². The highest BCUT2D eigenvalue weighted by molar-refractivity contribution is 7.89. The van der Waals surface area contributed by atoms with Crippen molar-refractivity contribution in [3.8, 4) is 6.07 Å². The first kappa shape index (κ1) is 24.0. The number of fused-ring (bicyclic) bond motifs is 1. The molecule has 0 aliphatic carbocycles. The van der Waals surface area contributed by atoms with Crippen molar-refractivity contribution >= 4 is 15.7 Å². The number of sulfonamides is 1. The molecule has 0 radical (unpaired) electrons. The zero-order chi connectivity index (χ0) is 24.1. The monoisotopic (exact) mass is 479 g/mol. The molecule has 0 spiro atoms. The van der Waals surface area contributed by atoms with E-state index in [2.05, 4.69) is 16.0 Å². The van der Waals surface area contributed by atoms with Gasteiger partial charge in [-0.2, -0.15) is 9.57 Å². The Balaban J connectivity index is 1.77. The minimum Gasteiger partial charge on any atom is -0.447 e. The molecule has 2 aromatic carbocycles. The molecule has 0 unspecified atom stereocenters. The molecule has 0 bridgehead atoms. The van der Waals surface area contributed by atoms with E-state index >= 15 is 0 Å². The van der Waals surface area contributed by atoms with Gasteiger partial charge in [-0.15, -0.1) is 0 Å². The van der Waals surface area contributed by atoms with Gasteiger partial charge in [-0.25, -0.2) is 13.4 Å². The molecule has 9 heteroatoms. The van der Waals surface area contributed by atoms with Crippen molar-refractivity contribution in [2.24, 2.45) is 0 Å². The first-order valence-corrected chi connectivity index (χ1v) is 12.8. The zero-order valence-corrected chi connectivity index (χ0v) is 20.3. The number of oxazole rings is 1. The highest BCUT2D eigenvalue weighted by Crippen LogP contribution is 2.32. The fraction of sp³-hybridized carbons (Fsp3) is 0.360. The minimum atomic E-state index is -3.57. The van der Waals surface area contributed by atoms with Crippen LogP contribution in [0.25, 0.3) is 0 Å². The van der Waals surface area contributed by atoms with Crippen LogP contribution in [-0.4, -0.2) is 61.6 Å². The van der Waals surface area contributed by atoms with Crippen LogP contribution in [0, 0.1) is 11.3 Å². The lowest BCUT2D eigenvalue weighted by atomic mass is 10.1. The van der Waals surface area contributed by atoms with Crippen molar-refractivity contribution in [3.05, 3.63) is 83.6 Å². The largest absolute Gasteiger partial charge is 0.447 e. The summed E-state index contributed by atoms with van der Waals surface area (Å²) in [5.41, 5.74) is 3.29. The fourth-order valence-corrected chi connectivity index (χ4v) is 6.04. The summed E-state index contributed by atoms with van der Waals surface area (Å²) in [5.74, 6) is 0.721. The van der Waals surface area contributed by atoms with Crippen molar-refractivity contribution in [3.63, 3.8) is 0 Å². The van der Waals surface area contributed by atoms with Crippen molar-refractivity contribution in [2.75, 3.05) is 37.8 Å². The molecule has 1 aliphatic rings. The predicted molar refractivity (Wildman–Crippen MR) is 131 cm³/mol. The third-order valence-corrected chi connectivity index (χ3v) is 7.85. The van der Waals surface area contributed by atoms with E-state index in [1.807, 2.05) is 55.4 Å². The molecule has 0 saturated carbocycles. The molecule has 8 nitrogen and oxygen atoms in total. The van der Waals surface area contributed by atoms with Gasteiger partial charge >= 0.3 is 0 Å². The highest BCUT2D eigenvalue weighted by Gasteiger charge is 2.35. The number of anilines is 1. The molecule has 3 aromatic rings. The van der Waals surface area contributed by atoms with Crippen LogP contribution in [0.2, 0.25) is 0 Å². The molecule has 1 atom stereocenters. The summed E-state index contributed by atoms with van der Waals surface area (Å²) >= 11 is 0. The molecule has 1 aliphatic heterocycles. The average molecular weight is 480 g/mol. The number of rotatable bonds is 8. The van der Waals surface area contributed by atoms with E-state index in [0.717, 1.165) is 16.8 Å². The van der Waals surface area contributed by atoms with Crippen molar-refractivity contribution < 1.29 is 12.8 Å². The van der Waals surface area contributed by atoms with E-state index < -0.39 is 10.0 Å². The summed E-state index contributed by atoms with van der Waals surface area (Å²) in [6.45, 7) is 1.58. The van der Waals surface area contributed by atoms with Gasteiger partial charge in [-0.3, -0.25) is 0 Å². The van der Waals surface area contributed by atoms with Crippen LogP contribution >= 0.6 is 0 Å². The van der Waals surface area contributed by atoms with E-state index in [4.69, 9.17) is 4.42 Å². The molecular weight excluding hydrogens is 450 g/mol. The maximum Gasteiger partial charge on any atom is 0.215 e. The number of nitriles is 1. The Labute approximate surface area is 201 Å². The molecule has 0 amide bonds. The lowest BCUT2D eigenvalue weighted by molar-refractivity contribution is 0.313. The van der Waals surface area contributed by atoms with Crippen LogP contribution in [0.15, 0.2) is 65.5 Å². The molecule has 4 rings (SSSR count). The zero-order valence-electron chi connectivity index (χ0n) is 19.5. The predicted octanol–water partition coefficient (Wildman–Crippen LogP) is 2.87. The van der Waals surface area contributed by atoms with Gasteiger partial charge in [-0.05, 0) is 49.8 Å². The molecule has 0 saturated heterocycles. The van der Waals surface area contributed by atoms with Gasteiger partial charge in [0.2, 0.25) is 10.0 Å². The van der Waals surface area contributed by atoms with Gasteiger partial charge in [-0.1, -0.05) is 30.3 Å².